The van der Waals surface area contributed by atoms with Gasteiger partial charge in [0.1, 0.15) is 5.75 Å². The van der Waals surface area contributed by atoms with Crippen LogP contribution in [0.25, 0.3) is 0 Å². The predicted octanol–water partition coefficient (Wildman–Crippen LogP) is 5.60. The third-order valence-corrected chi connectivity index (χ3v) is 3.96. The molecule has 0 unspecified atom stereocenters. The van der Waals surface area contributed by atoms with Crippen LogP contribution in [-0.2, 0) is 0 Å². The van der Waals surface area contributed by atoms with Crippen LogP contribution in [0.15, 0.2) is 22.7 Å². The van der Waals surface area contributed by atoms with Gasteiger partial charge >= 0.3 is 0 Å². The number of nitrogens with two attached hydrogens (primary N) is 1. The molecule has 20 heavy (non-hydrogen) atoms. The lowest BCUT2D eigenvalue weighted by Gasteiger charge is -2.14. The summed E-state index contributed by atoms with van der Waals surface area (Å²) in [4.78, 5) is 0. The van der Waals surface area contributed by atoms with E-state index in [2.05, 4.69) is 22.9 Å². The molecule has 1 aromatic rings. The highest BCUT2D eigenvalue weighted by molar-refractivity contribution is 9.10. The zero-order valence-electron chi connectivity index (χ0n) is 12.8. The molecule has 0 heterocycles. The number of rotatable bonds is 10. The normalized spacial score (nSPS) is 12.4. The molecule has 1 rings (SSSR count). The third-order valence-electron chi connectivity index (χ3n) is 3.47. The minimum Gasteiger partial charge on any atom is -0.493 e. The molecule has 114 valence electrons. The summed E-state index contributed by atoms with van der Waals surface area (Å²) >= 11 is 3.48. The van der Waals surface area contributed by atoms with Crippen molar-refractivity contribution < 1.29 is 4.74 Å². The topological polar surface area (TPSA) is 35.2 Å². The van der Waals surface area contributed by atoms with Gasteiger partial charge in [-0.2, -0.15) is 0 Å². The van der Waals surface area contributed by atoms with E-state index in [0.29, 0.717) is 0 Å². The van der Waals surface area contributed by atoms with Crippen molar-refractivity contribution in [3.63, 3.8) is 0 Å². The van der Waals surface area contributed by atoms with Gasteiger partial charge in [-0.1, -0.05) is 61.4 Å². The highest BCUT2D eigenvalue weighted by Crippen LogP contribution is 2.27. The molecule has 2 nitrogen and oxygen atoms in total. The van der Waals surface area contributed by atoms with E-state index in [4.69, 9.17) is 10.5 Å². The maximum atomic E-state index is 5.98. The van der Waals surface area contributed by atoms with Crippen molar-refractivity contribution in [1.82, 2.24) is 0 Å². The summed E-state index contributed by atoms with van der Waals surface area (Å²) in [7, 11) is 0. The molecule has 0 aliphatic heterocycles. The number of unbranched alkanes of at least 4 members (excludes halogenated alkanes) is 6. The van der Waals surface area contributed by atoms with Crippen LogP contribution in [0.5, 0.6) is 5.75 Å². The largest absolute Gasteiger partial charge is 0.493 e. The summed E-state index contributed by atoms with van der Waals surface area (Å²) in [5.41, 5.74) is 7.05. The first-order valence-corrected chi connectivity index (χ1v) is 8.62. The zero-order chi connectivity index (χ0) is 14.8. The van der Waals surface area contributed by atoms with Gasteiger partial charge < -0.3 is 10.5 Å². The van der Waals surface area contributed by atoms with Gasteiger partial charge in [0, 0.05) is 16.1 Å². The Balaban J connectivity index is 2.25. The lowest BCUT2D eigenvalue weighted by Crippen LogP contribution is -2.08. The summed E-state index contributed by atoms with van der Waals surface area (Å²) in [6, 6.07) is 6.05. The van der Waals surface area contributed by atoms with Crippen molar-refractivity contribution in [3.05, 3.63) is 28.2 Å². The highest BCUT2D eigenvalue weighted by Gasteiger charge is 2.08. The van der Waals surface area contributed by atoms with Crippen LogP contribution in [-0.4, -0.2) is 6.61 Å². The standard InChI is InChI=1S/C17H28BrNO/c1-3-4-5-6-7-8-9-12-20-17-11-10-15(18)13-16(17)14(2)19/h10-11,13-14H,3-9,12,19H2,1-2H3/t14-/m0/s1. The van der Waals surface area contributed by atoms with Gasteiger partial charge in [-0.3, -0.25) is 0 Å². The highest BCUT2D eigenvalue weighted by atomic mass is 79.9. The van der Waals surface area contributed by atoms with Crippen molar-refractivity contribution in [2.45, 2.75) is 64.8 Å². The molecular formula is C17H28BrNO. The maximum absolute atomic E-state index is 5.98. The Labute approximate surface area is 132 Å². The fraction of sp³-hybridized carbons (Fsp3) is 0.647. The van der Waals surface area contributed by atoms with Crippen molar-refractivity contribution in [1.29, 1.82) is 0 Å². The Morgan fingerprint density at radius 2 is 1.75 bits per heavy atom. The Bertz CT molecular complexity index is 379. The second kappa shape index (κ2) is 10.2. The summed E-state index contributed by atoms with van der Waals surface area (Å²) in [6.45, 7) is 5.03. The van der Waals surface area contributed by atoms with Crippen LogP contribution >= 0.6 is 15.9 Å². The summed E-state index contributed by atoms with van der Waals surface area (Å²) in [5, 5.41) is 0. The molecule has 0 aromatic heterocycles. The van der Waals surface area contributed by atoms with Crippen molar-refractivity contribution in [2.75, 3.05) is 6.61 Å². The Morgan fingerprint density at radius 1 is 1.10 bits per heavy atom. The first-order chi connectivity index (χ1) is 9.65. The SMILES string of the molecule is CCCCCCCCCOc1ccc(Br)cc1[C@H](C)N. The Kier molecular flexibility index (Phi) is 8.95. The smallest absolute Gasteiger partial charge is 0.124 e. The minimum absolute atomic E-state index is 0.00320. The molecule has 2 N–H and O–H groups in total. The summed E-state index contributed by atoms with van der Waals surface area (Å²) in [6.07, 6.45) is 9.12. The molecule has 3 heteroatoms. The van der Waals surface area contributed by atoms with Gasteiger partial charge in [-0.15, -0.1) is 0 Å². The van der Waals surface area contributed by atoms with E-state index in [1.165, 1.54) is 38.5 Å². The van der Waals surface area contributed by atoms with Crippen LogP contribution in [0, 0.1) is 0 Å². The summed E-state index contributed by atoms with van der Waals surface area (Å²) in [5.74, 6) is 0.925. The minimum atomic E-state index is -0.00320. The monoisotopic (exact) mass is 341 g/mol. The van der Waals surface area contributed by atoms with Crippen molar-refractivity contribution in [2.24, 2.45) is 5.73 Å². The van der Waals surface area contributed by atoms with E-state index in [-0.39, 0.29) is 6.04 Å². The van der Waals surface area contributed by atoms with Gasteiger partial charge in [0.05, 0.1) is 6.61 Å². The molecule has 0 radical (unpaired) electrons. The number of ether oxygens (including phenoxy) is 1. The molecule has 0 spiro atoms. The van der Waals surface area contributed by atoms with E-state index in [1.807, 2.05) is 25.1 Å². The zero-order valence-corrected chi connectivity index (χ0v) is 14.4. The number of halogens is 1. The molecule has 0 aliphatic rings. The van der Waals surface area contributed by atoms with E-state index in [1.54, 1.807) is 0 Å². The first kappa shape index (κ1) is 17.5. The van der Waals surface area contributed by atoms with Crippen LogP contribution < -0.4 is 10.5 Å². The van der Waals surface area contributed by atoms with Crippen LogP contribution in [0.4, 0.5) is 0 Å². The molecule has 0 fully saturated rings. The maximum Gasteiger partial charge on any atom is 0.124 e. The van der Waals surface area contributed by atoms with Gasteiger partial charge in [0.15, 0.2) is 0 Å². The van der Waals surface area contributed by atoms with Crippen LogP contribution in [0.1, 0.15) is 70.4 Å². The first-order valence-electron chi connectivity index (χ1n) is 7.83. The second-order valence-corrected chi connectivity index (χ2v) is 6.36. The predicted molar refractivity (Wildman–Crippen MR) is 90.2 cm³/mol. The van der Waals surface area contributed by atoms with Crippen molar-refractivity contribution in [3.8, 4) is 5.75 Å². The molecule has 1 atom stereocenters. The molecule has 0 aliphatic carbocycles. The molecular weight excluding hydrogens is 314 g/mol. The second-order valence-electron chi connectivity index (χ2n) is 5.44. The molecule has 0 saturated carbocycles. The molecule has 0 bridgehead atoms. The average Bonchev–Trinajstić information content (AvgIpc) is 2.43. The summed E-state index contributed by atoms with van der Waals surface area (Å²) < 4.78 is 6.93. The van der Waals surface area contributed by atoms with Gasteiger partial charge in [-0.25, -0.2) is 0 Å². The third kappa shape index (κ3) is 6.76. The van der Waals surface area contributed by atoms with Crippen LogP contribution in [0.3, 0.4) is 0 Å². The Hall–Kier alpha value is -0.540. The van der Waals surface area contributed by atoms with E-state index in [0.717, 1.165) is 28.8 Å². The van der Waals surface area contributed by atoms with Gasteiger partial charge in [0.25, 0.3) is 0 Å². The van der Waals surface area contributed by atoms with E-state index in [9.17, 15) is 0 Å². The van der Waals surface area contributed by atoms with Crippen molar-refractivity contribution >= 4 is 15.9 Å². The van der Waals surface area contributed by atoms with Gasteiger partial charge in [0.2, 0.25) is 0 Å². The number of hydrogen-bond donors (Lipinski definition) is 1. The number of benzene rings is 1. The fourth-order valence-electron chi connectivity index (χ4n) is 2.25. The van der Waals surface area contributed by atoms with Crippen LogP contribution in [0.2, 0.25) is 0 Å². The molecule has 0 amide bonds. The lowest BCUT2D eigenvalue weighted by atomic mass is 10.1. The van der Waals surface area contributed by atoms with E-state index < -0.39 is 0 Å². The fourth-order valence-corrected chi connectivity index (χ4v) is 2.63. The molecule has 1 aromatic carbocycles. The lowest BCUT2D eigenvalue weighted by molar-refractivity contribution is 0.300. The van der Waals surface area contributed by atoms with Gasteiger partial charge in [-0.05, 0) is 31.5 Å². The number of hydrogen-bond acceptors (Lipinski definition) is 2. The quantitative estimate of drug-likeness (QED) is 0.562. The van der Waals surface area contributed by atoms with E-state index >= 15 is 0 Å². The Morgan fingerprint density at radius 3 is 2.40 bits per heavy atom. The average molecular weight is 342 g/mol. The molecule has 0 saturated heterocycles.